The molecule has 3 aromatic rings. The highest BCUT2D eigenvalue weighted by Gasteiger charge is 2.36. The van der Waals surface area contributed by atoms with E-state index in [0.29, 0.717) is 29.4 Å². The van der Waals surface area contributed by atoms with Crippen LogP contribution in [-0.4, -0.2) is 76.1 Å². The summed E-state index contributed by atoms with van der Waals surface area (Å²) in [6, 6.07) is 29.2. The number of hydroxylamine groups is 4. The first-order valence-corrected chi connectivity index (χ1v) is 59.7. The van der Waals surface area contributed by atoms with E-state index in [9.17, 15) is 47.9 Å². The van der Waals surface area contributed by atoms with Crippen molar-refractivity contribution >= 4 is 308 Å². The molecule has 42 heteroatoms. The van der Waals surface area contributed by atoms with Crippen LogP contribution >= 0.6 is 0 Å². The van der Waals surface area contributed by atoms with Crippen molar-refractivity contribution < 1.29 is 62.4 Å². The van der Waals surface area contributed by atoms with Gasteiger partial charge in [-0.2, -0.15) is 0 Å². The van der Waals surface area contributed by atoms with E-state index in [1.54, 1.807) is 190 Å². The molecule has 0 unspecified atom stereocenters. The van der Waals surface area contributed by atoms with Crippen LogP contribution in [0.2, 0.25) is 0 Å². The monoisotopic (exact) mass is 1790 g/mol. The third-order valence-corrected chi connectivity index (χ3v) is 58.4. The van der Waals surface area contributed by atoms with Crippen LogP contribution in [-0.2, 0) is 331 Å². The number of Topliss-reactive ketones (excluding diaryl/α,β-unsaturated/α-hetero) is 3. The minimum Gasteiger partial charge on any atom is -0.469 e. The van der Waals surface area contributed by atoms with Gasteiger partial charge in [0.2, 0.25) is 0 Å². The lowest BCUT2D eigenvalue weighted by molar-refractivity contribution is -0.200. The van der Waals surface area contributed by atoms with E-state index in [0.717, 1.165) is 16.7 Å². The molecular formula is C52H66N2O13S27. The number of hydrogen-bond donors (Lipinski definition) is 0. The molecule has 94 heavy (non-hydrogen) atoms. The predicted octanol–water partition coefficient (Wildman–Crippen LogP) is 7.34. The second kappa shape index (κ2) is 59.9. The molecule has 2 heterocycles. The highest BCUT2D eigenvalue weighted by Crippen LogP contribution is 2.21. The summed E-state index contributed by atoms with van der Waals surface area (Å²) in [7, 11) is 39.3. The topological polar surface area (TPSA) is 205 Å². The molecule has 3 aromatic carbocycles. The van der Waals surface area contributed by atoms with E-state index in [1.807, 2.05) is 112 Å². The van der Waals surface area contributed by atoms with E-state index < -0.39 is 47.4 Å². The predicted molar refractivity (Wildman–Crippen MR) is 446 cm³/mol. The van der Waals surface area contributed by atoms with Crippen molar-refractivity contribution in [2.45, 2.75) is 113 Å². The number of esters is 1. The molecule has 2 fully saturated rings. The Morgan fingerprint density at radius 3 is 0.755 bits per heavy atom. The summed E-state index contributed by atoms with van der Waals surface area (Å²) in [4.78, 5) is 127. The highest BCUT2D eigenvalue weighted by atomic mass is 33.5. The molecule has 5 rings (SSSR count). The second-order valence-corrected chi connectivity index (χ2v) is 59.2. The fraction of sp³-hybridized carbons (Fsp3) is 0.462. The number of benzene rings is 3. The minimum atomic E-state index is -0.737. The molecule has 0 aliphatic carbocycles. The highest BCUT2D eigenvalue weighted by molar-refractivity contribution is 8.77. The van der Waals surface area contributed by atoms with Crippen LogP contribution in [0.15, 0.2) is 91.0 Å². The SMILES string of the molecule is C.COC(=O)[C@H](C)CC(=O)[C@@H](C)Cc1ccccc1.C[C@@H](Cc1ccccc1)C(=O)C[C@H](C)C(=O)ON1C(=O)CCC1=O.C[C@H](CC(=O)[C@@H](C)Cc1ccccc1)C(=O)ON1C(=O)CCC1=O.S=S=S=S=S=S=S=S=S=S=S=S=S.S=S=S=S=S=S=S=S=S=S=S=S=S=S. The van der Waals surface area contributed by atoms with E-state index in [4.69, 9.17) is 54.4 Å². The fourth-order valence-electron chi connectivity index (χ4n) is 7.10. The van der Waals surface area contributed by atoms with Gasteiger partial charge in [-0.3, -0.25) is 38.4 Å². The average Bonchev–Trinajstić information content (AvgIpc) is 2.20. The fourth-order valence-corrected chi connectivity index (χ4v) is 59.2. The number of imide groups is 2. The Labute approximate surface area is 634 Å². The van der Waals surface area contributed by atoms with Crippen molar-refractivity contribution in [1.29, 1.82) is 0 Å². The number of ketones is 3. The number of amides is 4. The molecule has 2 saturated heterocycles. The van der Waals surface area contributed by atoms with E-state index >= 15 is 0 Å². The van der Waals surface area contributed by atoms with Crippen molar-refractivity contribution in [2.24, 2.45) is 35.5 Å². The van der Waals surface area contributed by atoms with Crippen LogP contribution in [0.3, 0.4) is 0 Å². The third-order valence-electron chi connectivity index (χ3n) is 11.7. The van der Waals surface area contributed by atoms with E-state index in [-0.39, 0.29) is 99.4 Å². The van der Waals surface area contributed by atoms with Gasteiger partial charge in [-0.25, -0.2) is 9.59 Å². The Balaban J connectivity index is 0.00000117. The van der Waals surface area contributed by atoms with Gasteiger partial charge in [-0.15, -0.1) is 10.1 Å². The van der Waals surface area contributed by atoms with E-state index in [1.165, 1.54) is 42.6 Å². The Bertz CT molecular complexity index is 3940. The summed E-state index contributed by atoms with van der Waals surface area (Å²) in [5.74, 6) is -6.19. The molecule has 0 saturated carbocycles. The zero-order valence-electron chi connectivity index (χ0n) is 49.9. The first kappa shape index (κ1) is 93.3. The first-order chi connectivity index (χ1) is 44.6. The number of nitrogens with zero attached hydrogens (tertiary/aromatic N) is 2. The van der Waals surface area contributed by atoms with Gasteiger partial charge in [0.05, 0.1) is 24.9 Å². The molecule has 2 aliphatic heterocycles. The smallest absolute Gasteiger partial charge is 0.336 e. The number of rotatable bonds is 20. The molecule has 524 valence electrons. The summed E-state index contributed by atoms with van der Waals surface area (Å²) in [6.45, 7) is 10.4. The van der Waals surface area contributed by atoms with Crippen LogP contribution in [0, 0.1) is 35.5 Å². The number of carbonyl (C=O) groups excluding carboxylic acids is 10. The third kappa shape index (κ3) is 45.2. The van der Waals surface area contributed by atoms with Crippen molar-refractivity contribution in [1.82, 2.24) is 10.1 Å². The van der Waals surface area contributed by atoms with Gasteiger partial charge in [0.15, 0.2) is 0 Å². The summed E-state index contributed by atoms with van der Waals surface area (Å²) in [5, 5.41) is 1.02. The molecule has 4 amide bonds. The first-order valence-electron chi connectivity index (χ1n) is 26.4. The Hall–Kier alpha value is -0.700. The van der Waals surface area contributed by atoms with Crippen molar-refractivity contribution in [3.63, 3.8) is 0 Å². The maximum absolute atomic E-state index is 12.3. The van der Waals surface area contributed by atoms with Gasteiger partial charge in [0.25, 0.3) is 23.6 Å². The van der Waals surface area contributed by atoms with Gasteiger partial charge in [0, 0.05) is 312 Å². The normalized spacial score (nSPS) is 13.3. The standard InChI is InChI=1S/2C18H21NO5.C15H20O3.CH4.S14.S13/c2*1-12(10-14-6-4-3-5-7-14)15(20)11-13(2)18(23)24-19-16(21)8-9-17(19)22;1-11(9-13-7-5-4-6-8-13)14(16)10-12(2)15(17)18-3;;1-3-5-7-9-11-13-14-12-10-8-6-4-2;1-3-5-7-9-11-13-12-10-8-6-4-2/h2*3-7,12-13H,8-11H2,1-2H3;4-8,11-12H,9-10H2,1-3H3;1H4;;/t12-,13+;12-,13-;11-,12+;;;/m000.../s1. The molecule has 0 radical (unpaired) electrons. The number of carbonyl (C=O) groups is 10. The Morgan fingerprint density at radius 2 is 0.553 bits per heavy atom. The number of ether oxygens (including phenoxy) is 1. The van der Waals surface area contributed by atoms with Gasteiger partial charge in [-0.1, -0.05) is 140 Å². The Morgan fingerprint density at radius 1 is 0.351 bits per heavy atom. The quantitative estimate of drug-likeness (QED) is 0.0802. The Kier molecular flexibility index (Phi) is 59.5. The van der Waals surface area contributed by atoms with Crippen molar-refractivity contribution in [3.05, 3.63) is 108 Å². The maximum Gasteiger partial charge on any atom is 0.336 e. The van der Waals surface area contributed by atoms with Crippen molar-refractivity contribution in [2.75, 3.05) is 7.11 Å². The average molecular weight is 1790 g/mol. The summed E-state index contributed by atoms with van der Waals surface area (Å²) < 4.78 is 4.62. The lowest BCUT2D eigenvalue weighted by atomic mass is 9.91. The number of methoxy groups -OCH3 is 1. The molecule has 0 N–H and O–H groups in total. The molecule has 0 aromatic heterocycles. The zero-order chi connectivity index (χ0) is 69.2. The van der Waals surface area contributed by atoms with Crippen molar-refractivity contribution in [3.8, 4) is 0 Å². The van der Waals surface area contributed by atoms with Gasteiger partial charge in [0.1, 0.15) is 17.3 Å². The molecule has 0 spiro atoms. The minimum absolute atomic E-state index is 0. The largest absolute Gasteiger partial charge is 0.469 e. The second-order valence-electron chi connectivity index (χ2n) is 18.6. The lowest BCUT2D eigenvalue weighted by Crippen LogP contribution is -2.34. The lowest BCUT2D eigenvalue weighted by Gasteiger charge is -2.17. The number of hydrogen-bond acceptors (Lipinski definition) is 17. The molecule has 2 aliphatic rings. The van der Waals surface area contributed by atoms with Crippen LogP contribution in [0.4, 0.5) is 0 Å². The summed E-state index contributed by atoms with van der Waals surface area (Å²) in [6.07, 6.45) is 2.40. The molecule has 15 nitrogen and oxygen atoms in total. The van der Waals surface area contributed by atoms with Crippen LogP contribution in [0.1, 0.15) is 111 Å². The van der Waals surface area contributed by atoms with E-state index in [2.05, 4.69) is 4.74 Å². The summed E-state index contributed by atoms with van der Waals surface area (Å²) in [5.41, 5.74) is 3.26. The summed E-state index contributed by atoms with van der Waals surface area (Å²) >= 11 is 18.8. The van der Waals surface area contributed by atoms with Gasteiger partial charge in [-0.05, 0) is 36.0 Å². The van der Waals surface area contributed by atoms with Gasteiger partial charge >= 0.3 is 17.9 Å². The van der Waals surface area contributed by atoms with Crippen LogP contribution in [0.5, 0.6) is 0 Å². The molecule has 0 bridgehead atoms. The van der Waals surface area contributed by atoms with Crippen LogP contribution in [0.25, 0.3) is 0 Å². The molecule has 6 atom stereocenters. The van der Waals surface area contributed by atoms with Gasteiger partial charge < -0.3 is 14.4 Å². The zero-order valence-corrected chi connectivity index (χ0v) is 72.0. The molecular weight excluding hydrogens is 1730 g/mol. The van der Waals surface area contributed by atoms with Crippen LogP contribution < -0.4 is 0 Å². The maximum atomic E-state index is 12.3.